The molecule has 0 bridgehead atoms. The highest BCUT2D eigenvalue weighted by atomic mass is 32.2. The molecule has 20 heavy (non-hydrogen) atoms. The zero-order chi connectivity index (χ0) is 15.2. The van der Waals surface area contributed by atoms with Crippen LogP contribution in [0.25, 0.3) is 0 Å². The number of aliphatic imine (C=N–C) groups is 1. The molecule has 0 aliphatic rings. The van der Waals surface area contributed by atoms with Crippen LogP contribution in [0.15, 0.2) is 29.3 Å². The van der Waals surface area contributed by atoms with Gasteiger partial charge in [0.05, 0.1) is 5.75 Å². The first-order valence-corrected chi connectivity index (χ1v) is 8.68. The van der Waals surface area contributed by atoms with E-state index in [0.717, 1.165) is 5.69 Å². The molecule has 0 atom stereocenters. The summed E-state index contributed by atoms with van der Waals surface area (Å²) in [7, 11) is -2.93. The van der Waals surface area contributed by atoms with Crippen LogP contribution in [0.1, 0.15) is 31.7 Å². The zero-order valence-corrected chi connectivity index (χ0v) is 13.1. The van der Waals surface area contributed by atoms with Gasteiger partial charge in [-0.25, -0.2) is 8.42 Å². The highest BCUT2D eigenvalue weighted by Gasteiger charge is 2.02. The summed E-state index contributed by atoms with van der Waals surface area (Å²) in [6.45, 7) is 4.65. The van der Waals surface area contributed by atoms with E-state index in [4.69, 9.17) is 5.73 Å². The third kappa shape index (κ3) is 6.56. The Kier molecular flexibility index (Phi) is 6.01. The standard InChI is InChI=1S/C14H23N3O2S/c1-11(2)12-6-4-7-13(10-12)17-14(15)16-8-5-9-20(3,18)19/h4,6-7,10-11H,5,8-9H2,1-3H3,(H3,15,16,17). The van der Waals surface area contributed by atoms with E-state index in [0.29, 0.717) is 24.8 Å². The van der Waals surface area contributed by atoms with E-state index in [1.165, 1.54) is 11.8 Å². The van der Waals surface area contributed by atoms with Crippen LogP contribution < -0.4 is 11.1 Å². The van der Waals surface area contributed by atoms with Crippen LogP contribution in [0.2, 0.25) is 0 Å². The summed E-state index contributed by atoms with van der Waals surface area (Å²) in [5.41, 5.74) is 7.88. The largest absolute Gasteiger partial charge is 0.370 e. The molecule has 3 N–H and O–H groups in total. The minimum Gasteiger partial charge on any atom is -0.370 e. The van der Waals surface area contributed by atoms with Gasteiger partial charge in [-0.05, 0) is 30.0 Å². The fourth-order valence-corrected chi connectivity index (χ4v) is 2.34. The molecule has 1 aromatic carbocycles. The van der Waals surface area contributed by atoms with E-state index in [9.17, 15) is 8.42 Å². The molecule has 0 amide bonds. The van der Waals surface area contributed by atoms with Crippen molar-refractivity contribution in [2.75, 3.05) is 23.9 Å². The van der Waals surface area contributed by atoms with Gasteiger partial charge in [0.15, 0.2) is 5.96 Å². The van der Waals surface area contributed by atoms with Gasteiger partial charge in [-0.2, -0.15) is 0 Å². The molecule has 0 saturated heterocycles. The molecule has 0 aliphatic carbocycles. The summed E-state index contributed by atoms with van der Waals surface area (Å²) >= 11 is 0. The van der Waals surface area contributed by atoms with E-state index in [-0.39, 0.29) is 5.75 Å². The van der Waals surface area contributed by atoms with Gasteiger partial charge in [-0.3, -0.25) is 4.99 Å². The lowest BCUT2D eigenvalue weighted by Gasteiger charge is -2.09. The second-order valence-electron chi connectivity index (χ2n) is 5.16. The Hall–Kier alpha value is -1.56. The van der Waals surface area contributed by atoms with E-state index >= 15 is 0 Å². The molecule has 1 aromatic rings. The fraction of sp³-hybridized carbons (Fsp3) is 0.500. The molecule has 0 radical (unpaired) electrons. The molecule has 0 aliphatic heterocycles. The van der Waals surface area contributed by atoms with Gasteiger partial charge < -0.3 is 11.1 Å². The quantitative estimate of drug-likeness (QED) is 0.477. The normalized spacial score (nSPS) is 12.7. The maximum Gasteiger partial charge on any atom is 0.193 e. The monoisotopic (exact) mass is 297 g/mol. The van der Waals surface area contributed by atoms with Crippen LogP contribution in [0, 0.1) is 0 Å². The topological polar surface area (TPSA) is 84.5 Å². The number of nitrogens with zero attached hydrogens (tertiary/aromatic N) is 1. The molecule has 0 fully saturated rings. The summed E-state index contributed by atoms with van der Waals surface area (Å²) in [6, 6.07) is 7.98. The van der Waals surface area contributed by atoms with Gasteiger partial charge in [0.2, 0.25) is 0 Å². The average molecular weight is 297 g/mol. The van der Waals surface area contributed by atoms with Crippen LogP contribution in [0.3, 0.4) is 0 Å². The summed E-state index contributed by atoms with van der Waals surface area (Å²) in [5, 5.41) is 3.01. The zero-order valence-electron chi connectivity index (χ0n) is 12.3. The van der Waals surface area contributed by atoms with Crippen molar-refractivity contribution in [3.05, 3.63) is 29.8 Å². The third-order valence-corrected chi connectivity index (χ3v) is 3.81. The van der Waals surface area contributed by atoms with Crippen molar-refractivity contribution < 1.29 is 8.42 Å². The van der Waals surface area contributed by atoms with Gasteiger partial charge >= 0.3 is 0 Å². The van der Waals surface area contributed by atoms with E-state index in [1.807, 2.05) is 18.2 Å². The highest BCUT2D eigenvalue weighted by molar-refractivity contribution is 7.90. The second kappa shape index (κ2) is 7.28. The summed E-state index contributed by atoms with van der Waals surface area (Å²) < 4.78 is 21.9. The lowest BCUT2D eigenvalue weighted by molar-refractivity contribution is 0.599. The van der Waals surface area contributed by atoms with E-state index in [1.54, 1.807) is 0 Å². The number of benzene rings is 1. The molecular formula is C14H23N3O2S. The predicted molar refractivity (Wildman–Crippen MR) is 85.0 cm³/mol. The van der Waals surface area contributed by atoms with Crippen LogP contribution in [-0.2, 0) is 9.84 Å². The minimum atomic E-state index is -2.93. The second-order valence-corrected chi connectivity index (χ2v) is 7.42. The van der Waals surface area contributed by atoms with Gasteiger partial charge in [0, 0.05) is 18.5 Å². The number of anilines is 1. The van der Waals surface area contributed by atoms with Gasteiger partial charge in [-0.1, -0.05) is 26.0 Å². The van der Waals surface area contributed by atoms with Crippen molar-refractivity contribution in [1.82, 2.24) is 0 Å². The number of sulfone groups is 1. The van der Waals surface area contributed by atoms with Crippen molar-refractivity contribution in [3.63, 3.8) is 0 Å². The molecule has 5 nitrogen and oxygen atoms in total. The SMILES string of the molecule is CC(C)c1cccc(NC(N)=NCCCS(C)(=O)=O)c1. The van der Waals surface area contributed by atoms with Gasteiger partial charge in [0.1, 0.15) is 9.84 Å². The van der Waals surface area contributed by atoms with Crippen molar-refractivity contribution in [3.8, 4) is 0 Å². The molecule has 0 unspecified atom stereocenters. The Morgan fingerprint density at radius 3 is 2.70 bits per heavy atom. The summed E-state index contributed by atoms with van der Waals surface area (Å²) in [5.74, 6) is 0.885. The predicted octanol–water partition coefficient (Wildman–Crippen LogP) is 1.97. The van der Waals surface area contributed by atoms with Crippen molar-refractivity contribution >= 4 is 21.5 Å². The van der Waals surface area contributed by atoms with E-state index in [2.05, 4.69) is 30.2 Å². The first-order chi connectivity index (χ1) is 9.28. The lowest BCUT2D eigenvalue weighted by Crippen LogP contribution is -2.23. The molecule has 0 spiro atoms. The summed E-state index contributed by atoms with van der Waals surface area (Å²) in [4.78, 5) is 4.12. The average Bonchev–Trinajstić information content (AvgIpc) is 2.34. The third-order valence-electron chi connectivity index (χ3n) is 2.78. The van der Waals surface area contributed by atoms with Gasteiger partial charge in [0.25, 0.3) is 0 Å². The van der Waals surface area contributed by atoms with Crippen LogP contribution in [0.4, 0.5) is 5.69 Å². The Labute approximate surface area is 121 Å². The number of hydrogen-bond donors (Lipinski definition) is 2. The molecule has 6 heteroatoms. The summed E-state index contributed by atoms with van der Waals surface area (Å²) in [6.07, 6.45) is 1.70. The molecule has 0 saturated carbocycles. The number of nitrogens with one attached hydrogen (secondary N) is 1. The van der Waals surface area contributed by atoms with Crippen LogP contribution in [-0.4, -0.2) is 32.9 Å². The maximum absolute atomic E-state index is 11.0. The lowest BCUT2D eigenvalue weighted by atomic mass is 10.0. The van der Waals surface area contributed by atoms with Crippen molar-refractivity contribution in [2.24, 2.45) is 10.7 Å². The first kappa shape index (κ1) is 16.5. The number of rotatable bonds is 6. The van der Waals surface area contributed by atoms with Gasteiger partial charge in [-0.15, -0.1) is 0 Å². The Bertz CT molecular complexity index is 566. The molecule has 0 heterocycles. The fourth-order valence-electron chi connectivity index (χ4n) is 1.69. The highest BCUT2D eigenvalue weighted by Crippen LogP contribution is 2.18. The van der Waals surface area contributed by atoms with Crippen molar-refractivity contribution in [1.29, 1.82) is 0 Å². The smallest absolute Gasteiger partial charge is 0.193 e. The maximum atomic E-state index is 11.0. The Morgan fingerprint density at radius 1 is 1.40 bits per heavy atom. The number of hydrogen-bond acceptors (Lipinski definition) is 3. The van der Waals surface area contributed by atoms with E-state index < -0.39 is 9.84 Å². The minimum absolute atomic E-state index is 0.132. The first-order valence-electron chi connectivity index (χ1n) is 6.62. The Balaban J connectivity index is 2.53. The van der Waals surface area contributed by atoms with Crippen molar-refractivity contribution in [2.45, 2.75) is 26.2 Å². The van der Waals surface area contributed by atoms with Crippen LogP contribution >= 0.6 is 0 Å². The molecule has 1 rings (SSSR count). The molecular weight excluding hydrogens is 274 g/mol. The number of nitrogens with two attached hydrogens (primary N) is 1. The molecule has 0 aromatic heterocycles. The Morgan fingerprint density at radius 2 is 2.10 bits per heavy atom. The number of guanidine groups is 1. The molecule has 112 valence electrons. The van der Waals surface area contributed by atoms with Crippen LogP contribution in [0.5, 0.6) is 0 Å².